The van der Waals surface area contributed by atoms with E-state index in [2.05, 4.69) is 0 Å². The summed E-state index contributed by atoms with van der Waals surface area (Å²) in [5.74, 6) is 1.15. The van der Waals surface area contributed by atoms with Gasteiger partial charge in [0.05, 0.1) is 0 Å². The summed E-state index contributed by atoms with van der Waals surface area (Å²) in [6.07, 6.45) is 2.07. The van der Waals surface area contributed by atoms with E-state index in [1.54, 1.807) is 19.6 Å². The van der Waals surface area contributed by atoms with E-state index >= 15 is 0 Å². The average Bonchev–Trinajstić information content (AvgIpc) is 3.13. The molecular formula is C21H48N4O3. The molecule has 3 fully saturated rings. The van der Waals surface area contributed by atoms with Crippen LogP contribution in [0.1, 0.15) is 56.4 Å². The van der Waals surface area contributed by atoms with Crippen molar-refractivity contribution in [3.8, 4) is 0 Å². The number of nitrogens with zero attached hydrogens (tertiary/aromatic N) is 4. The van der Waals surface area contributed by atoms with E-state index in [-0.39, 0.29) is 47.6 Å². The van der Waals surface area contributed by atoms with Crippen molar-refractivity contribution in [1.29, 1.82) is 0 Å². The lowest BCUT2D eigenvalue weighted by Gasteiger charge is -2.07. The van der Waals surface area contributed by atoms with Crippen molar-refractivity contribution in [2.24, 2.45) is 11.8 Å². The highest BCUT2D eigenvalue weighted by atomic mass is 16.2. The summed E-state index contributed by atoms with van der Waals surface area (Å²) in [5, 5.41) is 0. The van der Waals surface area contributed by atoms with Crippen LogP contribution in [0.5, 0.6) is 0 Å². The fourth-order valence-electron chi connectivity index (χ4n) is 2.78. The second-order valence-corrected chi connectivity index (χ2v) is 7.02. The predicted molar refractivity (Wildman–Crippen MR) is 120 cm³/mol. The fraction of sp³-hybridized carbons (Fsp3) is 0.857. The minimum atomic E-state index is 0. The van der Waals surface area contributed by atoms with Crippen LogP contribution in [-0.4, -0.2) is 91.8 Å². The van der Waals surface area contributed by atoms with Gasteiger partial charge in [-0.3, -0.25) is 9.59 Å². The standard InChI is InChI=1S/2C6H11NO.C5H10N2O.4CH4/c2*1-5-3-4-7(2)6(5)8;1-6-3-4-7(2)5(6)8;;;;/h2*5H,3-4H2,1-2H3;3-4H2,1-2H3;4*1H4. The molecule has 7 nitrogen and oxygen atoms in total. The van der Waals surface area contributed by atoms with Gasteiger partial charge in [-0.05, 0) is 12.8 Å². The van der Waals surface area contributed by atoms with Gasteiger partial charge in [0.1, 0.15) is 0 Å². The third-order valence-electron chi connectivity index (χ3n) is 4.81. The van der Waals surface area contributed by atoms with Crippen LogP contribution in [0.25, 0.3) is 0 Å². The van der Waals surface area contributed by atoms with E-state index in [1.807, 2.05) is 42.0 Å². The maximum absolute atomic E-state index is 10.8. The van der Waals surface area contributed by atoms with Crippen molar-refractivity contribution in [2.45, 2.75) is 56.4 Å². The zero-order chi connectivity index (χ0) is 18.4. The van der Waals surface area contributed by atoms with Gasteiger partial charge in [0.15, 0.2) is 0 Å². The number of hydrogen-bond donors (Lipinski definition) is 0. The van der Waals surface area contributed by atoms with Crippen molar-refractivity contribution in [2.75, 3.05) is 54.4 Å². The highest BCUT2D eigenvalue weighted by Crippen LogP contribution is 2.14. The Kier molecular flexibility index (Phi) is 18.3. The van der Waals surface area contributed by atoms with Gasteiger partial charge < -0.3 is 19.6 Å². The monoisotopic (exact) mass is 404 g/mol. The molecule has 4 amide bonds. The quantitative estimate of drug-likeness (QED) is 0.621. The third-order valence-corrected chi connectivity index (χ3v) is 4.81. The average molecular weight is 405 g/mol. The number of carbonyl (C=O) groups is 3. The zero-order valence-corrected chi connectivity index (χ0v) is 15.9. The molecule has 28 heavy (non-hydrogen) atoms. The predicted octanol–water partition coefficient (Wildman–Crippen LogP) is 3.50. The number of likely N-dealkylation sites (tertiary alicyclic amines) is 2. The van der Waals surface area contributed by atoms with Crippen molar-refractivity contribution in [1.82, 2.24) is 19.6 Å². The SMILES string of the molecule is C.C.C.C.CC1CCN(C)C1=O.CC1CCN(C)C1=O.CN1CCN(C)C1=O. The second-order valence-electron chi connectivity index (χ2n) is 7.02. The van der Waals surface area contributed by atoms with Crippen LogP contribution in [0.2, 0.25) is 0 Å². The first-order valence-electron chi connectivity index (χ1n) is 8.61. The Morgan fingerprint density at radius 1 is 0.571 bits per heavy atom. The Labute approximate surface area is 175 Å². The lowest BCUT2D eigenvalue weighted by Crippen LogP contribution is -2.25. The maximum Gasteiger partial charge on any atom is 0.319 e. The zero-order valence-electron chi connectivity index (χ0n) is 15.9. The molecule has 170 valence electrons. The molecule has 0 spiro atoms. The van der Waals surface area contributed by atoms with Crippen LogP contribution in [0.4, 0.5) is 4.79 Å². The van der Waals surface area contributed by atoms with Gasteiger partial charge in [-0.1, -0.05) is 43.6 Å². The number of amides is 4. The molecular weight excluding hydrogens is 356 g/mol. The van der Waals surface area contributed by atoms with Gasteiger partial charge in [0.2, 0.25) is 11.8 Å². The van der Waals surface area contributed by atoms with E-state index in [0.717, 1.165) is 39.0 Å². The number of rotatable bonds is 0. The first-order valence-corrected chi connectivity index (χ1v) is 8.61. The van der Waals surface area contributed by atoms with Crippen LogP contribution in [0.15, 0.2) is 0 Å². The lowest BCUT2D eigenvalue weighted by molar-refractivity contribution is -0.130. The highest BCUT2D eigenvalue weighted by molar-refractivity contribution is 5.80. The Balaban J connectivity index is -0.000000144. The van der Waals surface area contributed by atoms with Gasteiger partial charge in [0, 0.05) is 66.2 Å². The molecule has 7 heteroatoms. The molecule has 0 radical (unpaired) electrons. The minimum absolute atomic E-state index is 0. The molecule has 3 rings (SSSR count). The fourth-order valence-corrected chi connectivity index (χ4v) is 2.78. The smallest absolute Gasteiger partial charge is 0.319 e. The number of likely N-dealkylation sites (N-methyl/N-ethyl adjacent to an activating group) is 2. The Bertz CT molecular complexity index is 368. The number of hydrogen-bond acceptors (Lipinski definition) is 3. The number of carbonyl (C=O) groups excluding carboxylic acids is 3. The van der Waals surface area contributed by atoms with Gasteiger partial charge in [-0.25, -0.2) is 4.79 Å². The minimum Gasteiger partial charge on any atom is -0.346 e. The molecule has 0 aromatic rings. The second kappa shape index (κ2) is 15.2. The Morgan fingerprint density at radius 3 is 0.929 bits per heavy atom. The molecule has 2 unspecified atom stereocenters. The van der Waals surface area contributed by atoms with E-state index in [1.165, 1.54) is 0 Å². The van der Waals surface area contributed by atoms with Crippen LogP contribution >= 0.6 is 0 Å². The summed E-state index contributed by atoms with van der Waals surface area (Å²) in [4.78, 5) is 39.4. The largest absolute Gasteiger partial charge is 0.346 e. The van der Waals surface area contributed by atoms with Crippen LogP contribution < -0.4 is 0 Å². The Morgan fingerprint density at radius 2 is 0.857 bits per heavy atom. The Hall–Kier alpha value is -1.79. The molecule has 3 saturated heterocycles. The van der Waals surface area contributed by atoms with Crippen molar-refractivity contribution < 1.29 is 14.4 Å². The first kappa shape index (κ1) is 33.8. The number of urea groups is 1. The summed E-state index contributed by atoms with van der Waals surface area (Å²) in [6.45, 7) is 7.59. The van der Waals surface area contributed by atoms with Crippen LogP contribution in [-0.2, 0) is 9.59 Å². The maximum atomic E-state index is 10.8. The normalized spacial score (nSPS) is 22.7. The van der Waals surface area contributed by atoms with E-state index < -0.39 is 0 Å². The molecule has 0 bridgehead atoms. The molecule has 0 aromatic carbocycles. The van der Waals surface area contributed by atoms with Gasteiger partial charge in [-0.2, -0.15) is 0 Å². The van der Waals surface area contributed by atoms with Gasteiger partial charge in [0.25, 0.3) is 0 Å². The van der Waals surface area contributed by atoms with Crippen LogP contribution in [0.3, 0.4) is 0 Å². The van der Waals surface area contributed by atoms with E-state index in [9.17, 15) is 14.4 Å². The van der Waals surface area contributed by atoms with Crippen molar-refractivity contribution in [3.63, 3.8) is 0 Å². The van der Waals surface area contributed by atoms with Crippen LogP contribution in [0, 0.1) is 11.8 Å². The summed E-state index contributed by atoms with van der Waals surface area (Å²) >= 11 is 0. The van der Waals surface area contributed by atoms with Crippen molar-refractivity contribution >= 4 is 17.8 Å². The molecule has 2 atom stereocenters. The first-order chi connectivity index (χ1) is 11.1. The molecule has 0 aromatic heterocycles. The third kappa shape index (κ3) is 9.42. The van der Waals surface area contributed by atoms with Gasteiger partial charge in [-0.15, -0.1) is 0 Å². The van der Waals surface area contributed by atoms with E-state index in [4.69, 9.17) is 0 Å². The lowest BCUT2D eigenvalue weighted by atomic mass is 10.1. The topological polar surface area (TPSA) is 64.2 Å². The van der Waals surface area contributed by atoms with Crippen molar-refractivity contribution in [3.05, 3.63) is 0 Å². The summed E-state index contributed by atoms with van der Waals surface area (Å²) < 4.78 is 0. The summed E-state index contributed by atoms with van der Waals surface area (Å²) in [7, 11) is 7.33. The highest BCUT2D eigenvalue weighted by Gasteiger charge is 2.24. The molecule has 3 heterocycles. The summed E-state index contributed by atoms with van der Waals surface area (Å²) in [6, 6.07) is 0.130. The molecule has 0 N–H and O–H groups in total. The molecule has 3 aliphatic heterocycles. The molecule has 0 aliphatic carbocycles. The van der Waals surface area contributed by atoms with E-state index in [0.29, 0.717) is 11.8 Å². The molecule has 3 aliphatic rings. The van der Waals surface area contributed by atoms with Gasteiger partial charge >= 0.3 is 6.03 Å². The summed E-state index contributed by atoms with van der Waals surface area (Å²) in [5.41, 5.74) is 0. The molecule has 0 saturated carbocycles.